The van der Waals surface area contributed by atoms with Gasteiger partial charge in [-0.25, -0.2) is 0 Å². The lowest BCUT2D eigenvalue weighted by atomic mass is 9.90. The molecule has 0 fully saturated rings. The van der Waals surface area contributed by atoms with Gasteiger partial charge in [0.2, 0.25) is 0 Å². The van der Waals surface area contributed by atoms with Crippen LogP contribution in [0.4, 0.5) is 0 Å². The Kier molecular flexibility index (Phi) is 8.04. The standard InChI is InChI=1S/C41H29NO7P2/c1-26-18-20-27(21-19-26)25-42-41(43)32-24-29-11-3-5-13-31(29)39(40(32)49-51-46-35-16-8-9-17-36(35)47-51)38-30-12-4-2-10-28(30)22-23-37(38)48-50-44-33-14-6-7-15-34(33)45-50/h2-24H,25H2,1H3,(H,42,43). The van der Waals surface area contributed by atoms with Crippen molar-refractivity contribution in [3.05, 3.63) is 156 Å². The molecule has 8 nitrogen and oxygen atoms in total. The molecule has 250 valence electrons. The smallest absolute Gasteiger partial charge is 0.408 e. The molecule has 2 aliphatic heterocycles. The Bertz CT molecular complexity index is 2400. The maximum Gasteiger partial charge on any atom is 0.530 e. The van der Waals surface area contributed by atoms with Crippen LogP contribution in [0.1, 0.15) is 21.5 Å². The summed E-state index contributed by atoms with van der Waals surface area (Å²) in [5.41, 5.74) is 3.81. The summed E-state index contributed by atoms with van der Waals surface area (Å²) >= 11 is 0. The van der Waals surface area contributed by atoms with Crippen LogP contribution in [0.15, 0.2) is 140 Å². The summed E-state index contributed by atoms with van der Waals surface area (Å²) in [5.74, 6) is 2.88. The fraction of sp³-hybridized carbons (Fsp3) is 0.0488. The van der Waals surface area contributed by atoms with Crippen molar-refractivity contribution in [2.45, 2.75) is 13.5 Å². The van der Waals surface area contributed by atoms with Crippen molar-refractivity contribution in [3.63, 3.8) is 0 Å². The van der Waals surface area contributed by atoms with Gasteiger partial charge in [0.05, 0.1) is 5.56 Å². The first-order chi connectivity index (χ1) is 25.1. The maximum absolute atomic E-state index is 14.3. The van der Waals surface area contributed by atoms with Crippen LogP contribution < -0.4 is 32.5 Å². The lowest BCUT2D eigenvalue weighted by Gasteiger charge is -2.22. The van der Waals surface area contributed by atoms with Crippen molar-refractivity contribution < 1.29 is 31.9 Å². The van der Waals surface area contributed by atoms with Gasteiger partial charge in [0.1, 0.15) is 5.75 Å². The molecule has 9 rings (SSSR count). The second kappa shape index (κ2) is 13.1. The van der Waals surface area contributed by atoms with Gasteiger partial charge in [-0.3, -0.25) is 4.79 Å². The van der Waals surface area contributed by atoms with Gasteiger partial charge in [-0.05, 0) is 70.4 Å². The second-order valence-corrected chi connectivity index (χ2v) is 14.1. The lowest BCUT2D eigenvalue weighted by Crippen LogP contribution is -2.23. The van der Waals surface area contributed by atoms with Crippen LogP contribution in [0.2, 0.25) is 0 Å². The number of benzene rings is 7. The Labute approximate surface area is 296 Å². The zero-order valence-electron chi connectivity index (χ0n) is 27.2. The van der Waals surface area contributed by atoms with Crippen molar-refractivity contribution in [3.8, 4) is 45.6 Å². The third-order valence-electron chi connectivity index (χ3n) is 8.69. The number of carbonyl (C=O) groups is 1. The van der Waals surface area contributed by atoms with Crippen molar-refractivity contribution >= 4 is 44.7 Å². The number of nitrogens with one attached hydrogen (secondary N) is 1. The van der Waals surface area contributed by atoms with Crippen LogP contribution in [0, 0.1) is 6.92 Å². The third kappa shape index (κ3) is 6.03. The number of rotatable bonds is 8. The fourth-order valence-electron chi connectivity index (χ4n) is 6.20. The summed E-state index contributed by atoms with van der Waals surface area (Å²) in [6, 6.07) is 44.7. The molecule has 7 aromatic carbocycles. The fourth-order valence-corrected chi connectivity index (χ4v) is 8.32. The minimum Gasteiger partial charge on any atom is -0.408 e. The van der Waals surface area contributed by atoms with E-state index in [4.69, 9.17) is 27.1 Å². The molecule has 1 amide bonds. The highest BCUT2D eigenvalue weighted by Gasteiger charge is 2.35. The van der Waals surface area contributed by atoms with E-state index >= 15 is 0 Å². The highest BCUT2D eigenvalue weighted by Crippen LogP contribution is 2.58. The molecule has 0 saturated carbocycles. The van der Waals surface area contributed by atoms with Crippen LogP contribution in [-0.4, -0.2) is 5.91 Å². The van der Waals surface area contributed by atoms with Crippen molar-refractivity contribution in [1.29, 1.82) is 0 Å². The number of aryl methyl sites for hydroxylation is 1. The molecule has 0 aliphatic carbocycles. The molecular formula is C41H29NO7P2. The largest absolute Gasteiger partial charge is 0.530 e. The first-order valence-corrected chi connectivity index (χ1v) is 18.5. The van der Waals surface area contributed by atoms with E-state index in [1.54, 1.807) is 0 Å². The second-order valence-electron chi connectivity index (χ2n) is 12.1. The van der Waals surface area contributed by atoms with Crippen molar-refractivity contribution in [2.75, 3.05) is 0 Å². The van der Waals surface area contributed by atoms with Gasteiger partial charge in [0, 0.05) is 17.7 Å². The Morgan fingerprint density at radius 1 is 0.588 bits per heavy atom. The molecule has 0 aromatic heterocycles. The summed E-state index contributed by atoms with van der Waals surface area (Å²) in [4.78, 5) is 14.3. The lowest BCUT2D eigenvalue weighted by molar-refractivity contribution is 0.0949. The third-order valence-corrected chi connectivity index (χ3v) is 10.7. The highest BCUT2D eigenvalue weighted by atomic mass is 31.2. The summed E-state index contributed by atoms with van der Waals surface area (Å²) in [6.07, 6.45) is 0. The van der Waals surface area contributed by atoms with Crippen LogP contribution in [-0.2, 0) is 6.54 Å². The average molecular weight is 710 g/mol. The van der Waals surface area contributed by atoms with Gasteiger partial charge >= 0.3 is 17.2 Å². The molecule has 1 N–H and O–H groups in total. The number of hydrogen-bond acceptors (Lipinski definition) is 7. The molecule has 0 unspecified atom stereocenters. The first kappa shape index (κ1) is 31.2. The summed E-state index contributed by atoms with van der Waals surface area (Å²) in [5, 5.41) is 6.67. The van der Waals surface area contributed by atoms with Gasteiger partial charge in [-0.15, -0.1) is 0 Å². The van der Waals surface area contributed by atoms with Crippen LogP contribution in [0.25, 0.3) is 32.7 Å². The Morgan fingerprint density at radius 2 is 1.12 bits per heavy atom. The van der Waals surface area contributed by atoms with E-state index in [-0.39, 0.29) is 5.91 Å². The van der Waals surface area contributed by atoms with E-state index in [0.717, 1.165) is 32.7 Å². The van der Waals surface area contributed by atoms with Crippen molar-refractivity contribution in [1.82, 2.24) is 5.32 Å². The van der Waals surface area contributed by atoms with E-state index in [9.17, 15) is 4.79 Å². The first-order valence-electron chi connectivity index (χ1n) is 16.4. The average Bonchev–Trinajstić information content (AvgIpc) is 3.77. The molecule has 0 saturated heterocycles. The zero-order valence-corrected chi connectivity index (χ0v) is 29.0. The summed E-state index contributed by atoms with van der Waals surface area (Å²) in [7, 11) is -3.80. The van der Waals surface area contributed by atoms with Gasteiger partial charge < -0.3 is 32.5 Å². The number of para-hydroxylation sites is 4. The predicted molar refractivity (Wildman–Crippen MR) is 200 cm³/mol. The number of fused-ring (bicyclic) bond motifs is 4. The minimum absolute atomic E-state index is 0.305. The summed E-state index contributed by atoms with van der Waals surface area (Å²) < 4.78 is 37.9. The Balaban J connectivity index is 1.22. The van der Waals surface area contributed by atoms with Gasteiger partial charge in [0.15, 0.2) is 28.7 Å². The van der Waals surface area contributed by atoms with E-state index in [0.29, 0.717) is 57.7 Å². The summed E-state index contributed by atoms with van der Waals surface area (Å²) in [6.45, 7) is 2.36. The highest BCUT2D eigenvalue weighted by molar-refractivity contribution is 7.43. The predicted octanol–water partition coefficient (Wildman–Crippen LogP) is 11.1. The molecule has 10 heteroatoms. The Morgan fingerprint density at radius 3 is 1.75 bits per heavy atom. The topological polar surface area (TPSA) is 84.5 Å². The van der Waals surface area contributed by atoms with Gasteiger partial charge in [-0.1, -0.05) is 109 Å². The van der Waals surface area contributed by atoms with Gasteiger partial charge in [-0.2, -0.15) is 0 Å². The molecule has 51 heavy (non-hydrogen) atoms. The maximum atomic E-state index is 14.3. The molecule has 2 aliphatic rings. The zero-order chi connectivity index (χ0) is 34.3. The van der Waals surface area contributed by atoms with Crippen LogP contribution in [0.5, 0.6) is 34.5 Å². The monoisotopic (exact) mass is 709 g/mol. The quantitative estimate of drug-likeness (QED) is 0.157. The Hall–Kier alpha value is -5.81. The van der Waals surface area contributed by atoms with Gasteiger partial charge in [0.25, 0.3) is 5.91 Å². The molecular weight excluding hydrogens is 680 g/mol. The molecule has 0 spiro atoms. The molecule has 7 aromatic rings. The molecule has 0 atom stereocenters. The normalized spacial score (nSPS) is 13.4. The van der Waals surface area contributed by atoms with Crippen LogP contribution >= 0.6 is 17.2 Å². The van der Waals surface area contributed by atoms with E-state index in [1.165, 1.54) is 0 Å². The van der Waals surface area contributed by atoms with Crippen LogP contribution in [0.3, 0.4) is 0 Å². The van der Waals surface area contributed by atoms with Crippen molar-refractivity contribution in [2.24, 2.45) is 0 Å². The van der Waals surface area contributed by atoms with E-state index < -0.39 is 17.2 Å². The SMILES string of the molecule is Cc1ccc(CNC(=O)c2cc3ccccc3c(-c3c(OP4Oc5ccccc5O4)ccc4ccccc34)c2OP2Oc3ccccc3O2)cc1. The number of amides is 1. The van der Waals surface area contributed by atoms with E-state index in [2.05, 4.69) is 5.32 Å². The number of hydrogen-bond donors (Lipinski definition) is 1. The number of carbonyl (C=O) groups excluding carboxylic acids is 1. The molecule has 0 radical (unpaired) electrons. The minimum atomic E-state index is -1.97. The van der Waals surface area contributed by atoms with E-state index in [1.807, 2.05) is 146 Å². The molecule has 0 bridgehead atoms. The molecule has 2 heterocycles.